The average Bonchev–Trinajstić information content (AvgIpc) is 3.40. The molecule has 1 unspecified atom stereocenters. The van der Waals surface area contributed by atoms with Crippen molar-refractivity contribution < 1.29 is 26.2 Å². The van der Waals surface area contributed by atoms with E-state index in [-0.39, 0.29) is 26.2 Å². The minimum atomic E-state index is 0. The molecule has 2 heteroatoms. The summed E-state index contributed by atoms with van der Waals surface area (Å²) in [7, 11) is 0.759. The standard InChI is InChI=1S/C16H14P.C10H15.C5H8.Zr/c1-12-6-2-5-9-16(12)17-15-10-13-7-3-4-8-14(13)11-15;1-3-4-7-10-8-5-6-9(10)2;1-3-5-4-2;/h2-11,17H,1H3;5-6,8H,3-4,7H2,1-2H3;3-5H,1H2,2H3;/q2*-1;;+2. The Labute approximate surface area is 222 Å². The van der Waals surface area contributed by atoms with Crippen molar-refractivity contribution in [3.8, 4) is 0 Å². The van der Waals surface area contributed by atoms with E-state index in [9.17, 15) is 0 Å². The maximum absolute atomic E-state index is 3.46. The van der Waals surface area contributed by atoms with Crippen LogP contribution >= 0.6 is 8.58 Å². The first-order chi connectivity index (χ1) is 15.6. The van der Waals surface area contributed by atoms with Crippen LogP contribution < -0.4 is 10.6 Å². The predicted octanol–water partition coefficient (Wildman–Crippen LogP) is 8.30. The van der Waals surface area contributed by atoms with Crippen molar-refractivity contribution in [2.24, 2.45) is 0 Å². The van der Waals surface area contributed by atoms with Gasteiger partial charge in [0.15, 0.2) is 0 Å². The summed E-state index contributed by atoms with van der Waals surface area (Å²) in [5.41, 5.74) is 4.37. The first-order valence-corrected chi connectivity index (χ1v) is 12.5. The van der Waals surface area contributed by atoms with Crippen molar-refractivity contribution in [1.29, 1.82) is 0 Å². The van der Waals surface area contributed by atoms with Gasteiger partial charge in [-0.25, -0.2) is 12.1 Å². The van der Waals surface area contributed by atoms with Crippen molar-refractivity contribution in [1.82, 2.24) is 0 Å². The van der Waals surface area contributed by atoms with Crippen LogP contribution in [0.1, 0.15) is 43.4 Å². The average molecular weight is 532 g/mol. The molecule has 0 aliphatic heterocycles. The van der Waals surface area contributed by atoms with E-state index in [0.29, 0.717) is 0 Å². The third-order valence-electron chi connectivity index (χ3n) is 5.32. The van der Waals surface area contributed by atoms with E-state index in [2.05, 4.69) is 106 Å². The molecule has 4 aromatic rings. The molecule has 170 valence electrons. The summed E-state index contributed by atoms with van der Waals surface area (Å²) in [5, 5.41) is 5.58. The minimum absolute atomic E-state index is 0. The van der Waals surface area contributed by atoms with Gasteiger partial charge in [0.25, 0.3) is 0 Å². The number of aryl methyl sites for hydroxylation is 3. The molecule has 0 N–H and O–H groups in total. The summed E-state index contributed by atoms with van der Waals surface area (Å²) in [4.78, 5) is 0. The van der Waals surface area contributed by atoms with E-state index in [0.717, 1.165) is 8.58 Å². The zero-order valence-corrected chi connectivity index (χ0v) is 24.0. The van der Waals surface area contributed by atoms with Gasteiger partial charge in [0, 0.05) is 0 Å². The molecule has 0 heterocycles. The largest absolute Gasteiger partial charge is 2.00 e. The molecule has 0 fully saturated rings. The quantitative estimate of drug-likeness (QED) is 0.133. The summed E-state index contributed by atoms with van der Waals surface area (Å²) in [6.45, 7) is 12.0. The summed E-state index contributed by atoms with van der Waals surface area (Å²) >= 11 is 0. The molecule has 0 radical (unpaired) electrons. The zero-order chi connectivity index (χ0) is 23.2. The molecule has 4 rings (SSSR count). The molecule has 1 atom stereocenters. The molecule has 33 heavy (non-hydrogen) atoms. The van der Waals surface area contributed by atoms with E-state index in [1.165, 1.54) is 57.3 Å². The van der Waals surface area contributed by atoms with Crippen LogP contribution in [0.25, 0.3) is 10.8 Å². The minimum Gasteiger partial charge on any atom is -0.213 e. The van der Waals surface area contributed by atoms with Gasteiger partial charge in [-0.1, -0.05) is 96.8 Å². The monoisotopic (exact) mass is 530 g/mol. The van der Waals surface area contributed by atoms with Crippen molar-refractivity contribution in [2.45, 2.75) is 47.0 Å². The van der Waals surface area contributed by atoms with Gasteiger partial charge in [-0.2, -0.15) is 23.3 Å². The fourth-order valence-corrected chi connectivity index (χ4v) is 4.65. The Morgan fingerprint density at radius 1 is 1.00 bits per heavy atom. The number of allylic oxidation sites excluding steroid dienone is 3. The van der Waals surface area contributed by atoms with Gasteiger partial charge in [-0.15, -0.1) is 40.3 Å². The maximum Gasteiger partial charge on any atom is 2.00 e. The summed E-state index contributed by atoms with van der Waals surface area (Å²) in [6, 6.07) is 28.4. The Kier molecular flexibility index (Phi) is 14.8. The second-order valence-electron chi connectivity index (χ2n) is 7.91. The molecule has 0 amide bonds. The van der Waals surface area contributed by atoms with Gasteiger partial charge >= 0.3 is 26.2 Å². The zero-order valence-electron chi connectivity index (χ0n) is 20.6. The van der Waals surface area contributed by atoms with Crippen LogP contribution in [0.5, 0.6) is 0 Å². The Balaban J connectivity index is 0.000000291. The number of benzene rings is 2. The van der Waals surface area contributed by atoms with Gasteiger partial charge in [0.2, 0.25) is 0 Å². The van der Waals surface area contributed by atoms with Crippen molar-refractivity contribution >= 4 is 30.0 Å². The van der Waals surface area contributed by atoms with Gasteiger partial charge < -0.3 is 0 Å². The molecular weight excluding hydrogens is 495 g/mol. The van der Waals surface area contributed by atoms with Crippen molar-refractivity contribution in [3.05, 3.63) is 120 Å². The van der Waals surface area contributed by atoms with Crippen LogP contribution in [-0.4, -0.2) is 0 Å². The van der Waals surface area contributed by atoms with E-state index in [4.69, 9.17) is 0 Å². The number of hydrogen-bond donors (Lipinski definition) is 0. The Bertz CT molecular complexity index is 1060. The molecule has 0 saturated carbocycles. The van der Waals surface area contributed by atoms with Crippen LogP contribution in [-0.2, 0) is 32.6 Å². The van der Waals surface area contributed by atoms with Crippen LogP contribution in [0.2, 0.25) is 0 Å². The van der Waals surface area contributed by atoms with E-state index in [1.54, 1.807) is 6.08 Å². The Morgan fingerprint density at radius 2 is 1.73 bits per heavy atom. The number of hydrogen-bond acceptors (Lipinski definition) is 0. The number of rotatable bonds is 6. The Hall–Kier alpha value is -1.81. The molecule has 0 aromatic heterocycles. The molecule has 0 aliphatic carbocycles. The van der Waals surface area contributed by atoms with E-state index < -0.39 is 0 Å². The molecular formula is C31H37PZr. The van der Waals surface area contributed by atoms with Gasteiger partial charge in [0.1, 0.15) is 0 Å². The summed E-state index contributed by atoms with van der Waals surface area (Å²) < 4.78 is 0. The summed E-state index contributed by atoms with van der Waals surface area (Å²) in [6.07, 6.45) is 9.46. The van der Waals surface area contributed by atoms with Gasteiger partial charge in [-0.05, 0) is 24.7 Å². The van der Waals surface area contributed by atoms with Crippen molar-refractivity contribution in [3.63, 3.8) is 0 Å². The van der Waals surface area contributed by atoms with E-state index >= 15 is 0 Å². The van der Waals surface area contributed by atoms with Gasteiger partial charge in [0.05, 0.1) is 0 Å². The molecule has 0 spiro atoms. The fraction of sp³-hybridized carbons (Fsp3) is 0.226. The number of unbranched alkanes of at least 4 members (excludes halogenated alkanes) is 1. The molecule has 0 nitrogen and oxygen atoms in total. The maximum atomic E-state index is 3.46. The Morgan fingerprint density at radius 3 is 2.30 bits per heavy atom. The van der Waals surface area contributed by atoms with Crippen molar-refractivity contribution in [2.75, 3.05) is 0 Å². The number of fused-ring (bicyclic) bond motifs is 1. The van der Waals surface area contributed by atoms with Gasteiger partial charge in [-0.3, -0.25) is 0 Å². The summed E-state index contributed by atoms with van der Waals surface area (Å²) in [5.74, 6) is 0. The second kappa shape index (κ2) is 16.8. The molecule has 0 saturated heterocycles. The first-order valence-electron chi connectivity index (χ1n) is 11.5. The van der Waals surface area contributed by atoms with E-state index in [1.807, 2.05) is 19.1 Å². The topological polar surface area (TPSA) is 0 Å². The first kappa shape index (κ1) is 29.2. The normalized spacial score (nSPS) is 10.4. The third kappa shape index (κ3) is 10.3. The molecule has 0 aliphatic rings. The second-order valence-corrected chi connectivity index (χ2v) is 9.28. The van der Waals surface area contributed by atoms with Crippen LogP contribution in [0.4, 0.5) is 0 Å². The van der Waals surface area contributed by atoms with Crippen LogP contribution in [0.15, 0.2) is 104 Å². The fourth-order valence-electron chi connectivity index (χ4n) is 3.42. The SMILES string of the molecule is C=CC=CC.CCCC[c-]1cccc1C.Cc1ccccc1Pc1cc2ccccc2[cH-]1.[Zr+2]. The molecule has 0 bridgehead atoms. The van der Waals surface area contributed by atoms with Crippen LogP contribution in [0, 0.1) is 13.8 Å². The van der Waals surface area contributed by atoms with Crippen LogP contribution in [0.3, 0.4) is 0 Å². The predicted molar refractivity (Wildman–Crippen MR) is 149 cm³/mol. The third-order valence-corrected chi connectivity index (χ3v) is 6.73. The smallest absolute Gasteiger partial charge is 0.213 e. The molecule has 4 aromatic carbocycles.